The Labute approximate surface area is 106 Å². The van der Waals surface area contributed by atoms with Crippen LogP contribution in [0.1, 0.15) is 26.2 Å². The van der Waals surface area contributed by atoms with E-state index in [0.717, 1.165) is 24.9 Å². The van der Waals surface area contributed by atoms with Crippen molar-refractivity contribution < 1.29 is 13.9 Å². The Morgan fingerprint density at radius 3 is 2.78 bits per heavy atom. The van der Waals surface area contributed by atoms with Crippen LogP contribution in [0.4, 0.5) is 10.1 Å². The molecule has 1 aromatic carbocycles. The first kappa shape index (κ1) is 12.9. The minimum Gasteiger partial charge on any atom is -0.466 e. The van der Waals surface area contributed by atoms with Crippen molar-refractivity contribution >= 4 is 11.7 Å². The first-order valence-corrected chi connectivity index (χ1v) is 6.39. The van der Waals surface area contributed by atoms with Crippen molar-refractivity contribution in [2.45, 2.75) is 32.2 Å². The molecule has 3 nitrogen and oxygen atoms in total. The minimum absolute atomic E-state index is 0.0880. The van der Waals surface area contributed by atoms with E-state index in [0.29, 0.717) is 6.61 Å². The van der Waals surface area contributed by atoms with Gasteiger partial charge in [0.15, 0.2) is 0 Å². The highest BCUT2D eigenvalue weighted by atomic mass is 19.1. The number of hydrogen-bond donors (Lipinski definition) is 1. The summed E-state index contributed by atoms with van der Waals surface area (Å²) < 4.78 is 17.9. The predicted molar refractivity (Wildman–Crippen MR) is 67.8 cm³/mol. The van der Waals surface area contributed by atoms with Crippen LogP contribution in [0.3, 0.4) is 0 Å². The van der Waals surface area contributed by atoms with E-state index in [1.165, 1.54) is 12.1 Å². The zero-order valence-corrected chi connectivity index (χ0v) is 10.5. The lowest BCUT2D eigenvalue weighted by Crippen LogP contribution is -2.31. The van der Waals surface area contributed by atoms with Gasteiger partial charge in [0.2, 0.25) is 0 Å². The molecule has 2 atom stereocenters. The van der Waals surface area contributed by atoms with Crippen molar-refractivity contribution in [3.63, 3.8) is 0 Å². The summed E-state index contributed by atoms with van der Waals surface area (Å²) >= 11 is 0. The number of carbonyl (C=O) groups excluding carboxylic acids is 1. The summed E-state index contributed by atoms with van der Waals surface area (Å²) in [5, 5.41) is 3.29. The molecule has 2 rings (SSSR count). The minimum atomic E-state index is -0.256. The number of ether oxygens (including phenoxy) is 1. The van der Waals surface area contributed by atoms with Crippen LogP contribution in [0, 0.1) is 11.7 Å². The maximum atomic E-state index is 12.8. The highest BCUT2D eigenvalue weighted by Gasteiger charge is 2.33. The van der Waals surface area contributed by atoms with Gasteiger partial charge >= 0.3 is 5.97 Å². The molecule has 4 heteroatoms. The molecule has 1 aliphatic carbocycles. The van der Waals surface area contributed by atoms with E-state index >= 15 is 0 Å². The molecule has 1 fully saturated rings. The van der Waals surface area contributed by atoms with E-state index in [1.54, 1.807) is 12.1 Å². The fraction of sp³-hybridized carbons (Fsp3) is 0.500. The van der Waals surface area contributed by atoms with Crippen LogP contribution in [0.25, 0.3) is 0 Å². The smallest absolute Gasteiger partial charge is 0.311 e. The van der Waals surface area contributed by atoms with Crippen LogP contribution in [-0.2, 0) is 9.53 Å². The number of rotatable bonds is 4. The summed E-state index contributed by atoms with van der Waals surface area (Å²) in [6.45, 7) is 2.23. The number of anilines is 1. The number of hydrogen-bond acceptors (Lipinski definition) is 3. The highest BCUT2D eigenvalue weighted by Crippen LogP contribution is 2.29. The lowest BCUT2D eigenvalue weighted by molar-refractivity contribution is -0.148. The summed E-state index contributed by atoms with van der Waals surface area (Å²) in [5.41, 5.74) is 0.845. The second-order valence-electron chi connectivity index (χ2n) is 4.55. The van der Waals surface area contributed by atoms with E-state index < -0.39 is 0 Å². The van der Waals surface area contributed by atoms with Gasteiger partial charge in [-0.05, 0) is 44.0 Å². The highest BCUT2D eigenvalue weighted by molar-refractivity contribution is 5.74. The van der Waals surface area contributed by atoms with Gasteiger partial charge in [-0.2, -0.15) is 0 Å². The molecule has 1 aliphatic rings. The van der Waals surface area contributed by atoms with Gasteiger partial charge in [-0.25, -0.2) is 4.39 Å². The zero-order chi connectivity index (χ0) is 13.0. The number of carbonyl (C=O) groups is 1. The molecule has 1 aromatic rings. The third kappa shape index (κ3) is 3.00. The number of nitrogens with one attached hydrogen (secondary N) is 1. The third-order valence-corrected chi connectivity index (χ3v) is 3.30. The monoisotopic (exact) mass is 251 g/mol. The van der Waals surface area contributed by atoms with Gasteiger partial charge < -0.3 is 10.1 Å². The molecular formula is C14H18FNO2. The van der Waals surface area contributed by atoms with Gasteiger partial charge in [0, 0.05) is 11.7 Å². The Bertz CT molecular complexity index is 405. The van der Waals surface area contributed by atoms with Gasteiger partial charge in [0.25, 0.3) is 0 Å². The predicted octanol–water partition coefficient (Wildman–Crippen LogP) is 2.97. The molecule has 0 radical (unpaired) electrons. The van der Waals surface area contributed by atoms with Crippen LogP contribution in [0.5, 0.6) is 0 Å². The maximum absolute atomic E-state index is 12.8. The Morgan fingerprint density at radius 1 is 1.39 bits per heavy atom. The Hall–Kier alpha value is -1.58. The largest absolute Gasteiger partial charge is 0.466 e. The Morgan fingerprint density at radius 2 is 2.11 bits per heavy atom. The second-order valence-corrected chi connectivity index (χ2v) is 4.55. The van der Waals surface area contributed by atoms with Crippen LogP contribution in [0.2, 0.25) is 0 Å². The molecule has 0 aromatic heterocycles. The molecule has 2 unspecified atom stereocenters. The SMILES string of the molecule is CCOC(=O)C1CCCC1Nc1ccc(F)cc1. The average Bonchev–Trinajstić information content (AvgIpc) is 2.81. The van der Waals surface area contributed by atoms with E-state index in [2.05, 4.69) is 5.32 Å². The zero-order valence-electron chi connectivity index (χ0n) is 10.5. The standard InChI is InChI=1S/C14H18FNO2/c1-2-18-14(17)12-4-3-5-13(12)16-11-8-6-10(15)7-9-11/h6-9,12-13,16H,2-5H2,1H3. The number of esters is 1. The summed E-state index contributed by atoms with van der Waals surface area (Å²) in [6, 6.07) is 6.30. The fourth-order valence-electron chi connectivity index (χ4n) is 2.42. The van der Waals surface area contributed by atoms with E-state index in [4.69, 9.17) is 4.74 Å². The third-order valence-electron chi connectivity index (χ3n) is 3.30. The molecular weight excluding hydrogens is 233 g/mol. The lowest BCUT2D eigenvalue weighted by Gasteiger charge is -2.20. The second kappa shape index (κ2) is 5.85. The van der Waals surface area contributed by atoms with Crippen LogP contribution in [-0.4, -0.2) is 18.6 Å². The number of benzene rings is 1. The molecule has 0 amide bonds. The van der Waals surface area contributed by atoms with Gasteiger partial charge in [0.05, 0.1) is 12.5 Å². The first-order chi connectivity index (χ1) is 8.70. The number of halogens is 1. The summed E-state index contributed by atoms with van der Waals surface area (Å²) in [7, 11) is 0. The van der Waals surface area contributed by atoms with Gasteiger partial charge in [-0.15, -0.1) is 0 Å². The average molecular weight is 251 g/mol. The van der Waals surface area contributed by atoms with Crippen molar-refractivity contribution in [2.24, 2.45) is 5.92 Å². The first-order valence-electron chi connectivity index (χ1n) is 6.39. The normalized spacial score (nSPS) is 22.8. The molecule has 0 aliphatic heterocycles. The maximum Gasteiger partial charge on any atom is 0.311 e. The van der Waals surface area contributed by atoms with Crippen LogP contribution >= 0.6 is 0 Å². The van der Waals surface area contributed by atoms with Crippen molar-refractivity contribution in [2.75, 3.05) is 11.9 Å². The van der Waals surface area contributed by atoms with Crippen molar-refractivity contribution in [3.05, 3.63) is 30.1 Å². The van der Waals surface area contributed by atoms with E-state index in [-0.39, 0.29) is 23.7 Å². The molecule has 18 heavy (non-hydrogen) atoms. The Kier molecular flexibility index (Phi) is 4.18. The molecule has 0 heterocycles. The topological polar surface area (TPSA) is 38.3 Å². The molecule has 98 valence electrons. The molecule has 1 N–H and O–H groups in total. The fourth-order valence-corrected chi connectivity index (χ4v) is 2.42. The van der Waals surface area contributed by atoms with Gasteiger partial charge in [-0.3, -0.25) is 4.79 Å². The molecule has 0 spiro atoms. The summed E-state index contributed by atoms with van der Waals surface area (Å²) in [6.07, 6.45) is 2.82. The van der Waals surface area contributed by atoms with Crippen LogP contribution < -0.4 is 5.32 Å². The van der Waals surface area contributed by atoms with Crippen LogP contribution in [0.15, 0.2) is 24.3 Å². The molecule has 0 saturated heterocycles. The van der Waals surface area contributed by atoms with E-state index in [1.807, 2.05) is 6.92 Å². The summed E-state index contributed by atoms with van der Waals surface area (Å²) in [4.78, 5) is 11.8. The quantitative estimate of drug-likeness (QED) is 0.836. The van der Waals surface area contributed by atoms with Crippen molar-refractivity contribution in [1.82, 2.24) is 0 Å². The van der Waals surface area contributed by atoms with Crippen molar-refractivity contribution in [1.29, 1.82) is 0 Å². The Balaban J connectivity index is 1.99. The summed E-state index contributed by atoms with van der Waals surface area (Å²) in [5.74, 6) is -0.474. The van der Waals surface area contributed by atoms with Gasteiger partial charge in [0.1, 0.15) is 5.82 Å². The molecule has 1 saturated carbocycles. The van der Waals surface area contributed by atoms with E-state index in [9.17, 15) is 9.18 Å². The van der Waals surface area contributed by atoms with Gasteiger partial charge in [-0.1, -0.05) is 6.42 Å². The van der Waals surface area contributed by atoms with Crippen molar-refractivity contribution in [3.8, 4) is 0 Å². The lowest BCUT2D eigenvalue weighted by atomic mass is 10.0. The molecule has 0 bridgehead atoms.